The Morgan fingerprint density at radius 2 is 1.17 bits per heavy atom. The highest BCUT2D eigenvalue weighted by atomic mass is 35.5. The second-order valence-electron chi connectivity index (χ2n) is 4.18. The van der Waals surface area contributed by atoms with E-state index in [4.69, 9.17) is 34.7 Å². The number of hydrogen-bond donors (Lipinski definition) is 4. The third-order valence-corrected chi connectivity index (χ3v) is 2.90. The lowest BCUT2D eigenvalue weighted by Crippen LogP contribution is -2.39. The molecule has 0 bridgehead atoms. The van der Waals surface area contributed by atoms with Gasteiger partial charge in [-0.1, -0.05) is 23.2 Å². The van der Waals surface area contributed by atoms with E-state index < -0.39 is 10.3 Å². The van der Waals surface area contributed by atoms with Crippen molar-refractivity contribution in [3.63, 3.8) is 0 Å². The van der Waals surface area contributed by atoms with Gasteiger partial charge in [-0.3, -0.25) is 0 Å². The van der Waals surface area contributed by atoms with Gasteiger partial charge in [-0.25, -0.2) is 8.78 Å². The topological polar surface area (TPSA) is 76.1 Å². The fourth-order valence-corrected chi connectivity index (χ4v) is 1.38. The monoisotopic (exact) mass is 306 g/mol. The Bertz CT molecular complexity index is 196. The molecule has 2 unspecified atom stereocenters. The maximum Gasteiger partial charge on any atom is 0.207 e. The minimum atomic E-state index is -1.88. The number of unbranched alkanes of at least 4 members (excludes halogenated alkanes) is 1. The summed E-state index contributed by atoms with van der Waals surface area (Å²) in [6.07, 6.45) is 1.63. The van der Waals surface area contributed by atoms with Gasteiger partial charge >= 0.3 is 0 Å². The summed E-state index contributed by atoms with van der Waals surface area (Å²) in [5.41, 5.74) is 10.3. The fourth-order valence-electron chi connectivity index (χ4n) is 1.19. The molecule has 0 aromatic heterocycles. The molecule has 2 atom stereocenters. The summed E-state index contributed by atoms with van der Waals surface area (Å²) in [7, 11) is 0. The average molecular weight is 307 g/mol. The maximum atomic E-state index is 13.1. The van der Waals surface area contributed by atoms with Crippen LogP contribution >= 0.6 is 23.2 Å². The van der Waals surface area contributed by atoms with Crippen molar-refractivity contribution in [2.45, 2.75) is 23.1 Å². The molecule has 0 fully saturated rings. The van der Waals surface area contributed by atoms with Gasteiger partial charge < -0.3 is 22.1 Å². The van der Waals surface area contributed by atoms with Crippen molar-refractivity contribution in [2.75, 3.05) is 39.3 Å². The molecule has 0 aliphatic carbocycles. The van der Waals surface area contributed by atoms with Gasteiger partial charge in [0.1, 0.15) is 0 Å². The Labute approximate surface area is 117 Å². The third kappa shape index (κ3) is 10.2. The molecule has 0 aliphatic rings. The summed E-state index contributed by atoms with van der Waals surface area (Å²) < 4.78 is 26.2. The van der Waals surface area contributed by atoms with Crippen molar-refractivity contribution >= 4 is 23.2 Å². The van der Waals surface area contributed by atoms with Crippen molar-refractivity contribution in [3.05, 3.63) is 0 Å². The van der Waals surface area contributed by atoms with Crippen LogP contribution in [0.5, 0.6) is 0 Å². The van der Waals surface area contributed by atoms with Crippen LogP contribution in [0.2, 0.25) is 0 Å². The van der Waals surface area contributed by atoms with E-state index in [2.05, 4.69) is 10.6 Å². The number of rotatable bonds is 11. The zero-order chi connectivity index (χ0) is 14.1. The van der Waals surface area contributed by atoms with Gasteiger partial charge in [0.25, 0.3) is 0 Å². The SMILES string of the molecule is NCC(F)(Cl)CNCCCCNCC(F)(Cl)CN. The molecule has 0 spiro atoms. The van der Waals surface area contributed by atoms with Gasteiger partial charge in [0, 0.05) is 26.2 Å². The summed E-state index contributed by atoms with van der Waals surface area (Å²) in [5.74, 6) is 0. The summed E-state index contributed by atoms with van der Waals surface area (Å²) in [5, 5.41) is 1.95. The first-order valence-electron chi connectivity index (χ1n) is 5.90. The molecule has 0 saturated heterocycles. The molecule has 4 nitrogen and oxygen atoms in total. The molecule has 0 aliphatic heterocycles. The molecule has 0 aromatic carbocycles. The van der Waals surface area contributed by atoms with Crippen LogP contribution in [0.25, 0.3) is 0 Å². The van der Waals surface area contributed by atoms with Gasteiger partial charge in [0.05, 0.1) is 0 Å². The molecule has 0 radical (unpaired) electrons. The van der Waals surface area contributed by atoms with E-state index in [1.165, 1.54) is 0 Å². The zero-order valence-corrected chi connectivity index (χ0v) is 11.8. The first kappa shape index (κ1) is 18.3. The van der Waals surface area contributed by atoms with E-state index in [0.717, 1.165) is 12.8 Å². The molecule has 18 heavy (non-hydrogen) atoms. The van der Waals surface area contributed by atoms with Crippen LogP contribution in [0.4, 0.5) is 8.78 Å². The number of hydrogen-bond acceptors (Lipinski definition) is 4. The van der Waals surface area contributed by atoms with E-state index in [9.17, 15) is 8.78 Å². The smallest absolute Gasteiger partial charge is 0.207 e. The lowest BCUT2D eigenvalue weighted by molar-refractivity contribution is 0.271. The zero-order valence-electron chi connectivity index (χ0n) is 10.3. The summed E-state index contributed by atoms with van der Waals surface area (Å²) in [6, 6.07) is 0. The van der Waals surface area contributed by atoms with Crippen molar-refractivity contribution in [3.8, 4) is 0 Å². The quantitative estimate of drug-likeness (QED) is 0.334. The first-order chi connectivity index (χ1) is 8.33. The predicted octanol–water partition coefficient (Wildman–Crippen LogP) is 0.672. The Morgan fingerprint density at radius 1 is 0.833 bits per heavy atom. The fraction of sp³-hybridized carbons (Fsp3) is 1.00. The highest BCUT2D eigenvalue weighted by molar-refractivity contribution is 6.23. The Kier molecular flexibility index (Phi) is 9.37. The third-order valence-electron chi connectivity index (χ3n) is 2.32. The Balaban J connectivity index is 3.32. The van der Waals surface area contributed by atoms with E-state index in [0.29, 0.717) is 13.1 Å². The van der Waals surface area contributed by atoms with Crippen molar-refractivity contribution in [1.82, 2.24) is 10.6 Å². The van der Waals surface area contributed by atoms with Crippen LogP contribution in [0.3, 0.4) is 0 Å². The molecule has 8 heteroatoms. The maximum absolute atomic E-state index is 13.1. The van der Waals surface area contributed by atoms with E-state index in [1.54, 1.807) is 0 Å². The highest BCUT2D eigenvalue weighted by Crippen LogP contribution is 2.13. The van der Waals surface area contributed by atoms with Gasteiger partial charge in [-0.05, 0) is 25.9 Å². The molecule has 6 N–H and O–H groups in total. The summed E-state index contributed by atoms with van der Waals surface area (Å²) >= 11 is 10.8. The van der Waals surface area contributed by atoms with Gasteiger partial charge in [0.15, 0.2) is 0 Å². The van der Waals surface area contributed by atoms with Crippen LogP contribution < -0.4 is 22.1 Å². The van der Waals surface area contributed by atoms with Gasteiger partial charge in [-0.15, -0.1) is 0 Å². The molecule has 0 aromatic rings. The Morgan fingerprint density at radius 3 is 1.44 bits per heavy atom. The van der Waals surface area contributed by atoms with Crippen molar-refractivity contribution < 1.29 is 8.78 Å². The molecule has 0 amide bonds. The molecule has 110 valence electrons. The predicted molar refractivity (Wildman–Crippen MR) is 72.5 cm³/mol. The number of alkyl halides is 4. The highest BCUT2D eigenvalue weighted by Gasteiger charge is 2.23. The van der Waals surface area contributed by atoms with E-state index in [1.807, 2.05) is 0 Å². The van der Waals surface area contributed by atoms with Crippen molar-refractivity contribution in [1.29, 1.82) is 0 Å². The summed E-state index contributed by atoms with van der Waals surface area (Å²) in [6.45, 7) is 0.825. The largest absolute Gasteiger partial charge is 0.326 e. The van der Waals surface area contributed by atoms with Crippen LogP contribution in [0.1, 0.15) is 12.8 Å². The molecule has 0 heterocycles. The molecular formula is C10H22Cl2F2N4. The Hall–Kier alpha value is 0.280. The number of nitrogens with one attached hydrogen (secondary N) is 2. The molecule has 0 saturated carbocycles. The lowest BCUT2D eigenvalue weighted by atomic mass is 10.3. The minimum absolute atomic E-state index is 0.0148. The second kappa shape index (κ2) is 9.23. The standard InChI is InChI=1S/C10H22Cl2F2N4/c11-9(13,5-15)7-17-3-1-2-4-18-8-10(12,14)6-16/h17-18H,1-8,15-16H2. The number of halogens is 4. The second-order valence-corrected chi connectivity index (χ2v) is 5.54. The van der Waals surface area contributed by atoms with Crippen LogP contribution in [0, 0.1) is 0 Å². The first-order valence-corrected chi connectivity index (χ1v) is 6.66. The molecule has 0 rings (SSSR count). The lowest BCUT2D eigenvalue weighted by Gasteiger charge is -2.17. The van der Waals surface area contributed by atoms with E-state index >= 15 is 0 Å². The van der Waals surface area contributed by atoms with Crippen molar-refractivity contribution in [2.24, 2.45) is 11.5 Å². The van der Waals surface area contributed by atoms with Crippen LogP contribution in [0.15, 0.2) is 0 Å². The molecular weight excluding hydrogens is 285 g/mol. The average Bonchev–Trinajstić information content (AvgIpc) is 2.32. The van der Waals surface area contributed by atoms with Crippen LogP contribution in [-0.4, -0.2) is 49.5 Å². The minimum Gasteiger partial charge on any atom is -0.326 e. The van der Waals surface area contributed by atoms with Crippen LogP contribution in [-0.2, 0) is 0 Å². The number of nitrogens with two attached hydrogens (primary N) is 2. The normalized spacial score (nSPS) is 18.3. The van der Waals surface area contributed by atoms with Gasteiger partial charge in [0.2, 0.25) is 10.3 Å². The van der Waals surface area contributed by atoms with Gasteiger partial charge in [-0.2, -0.15) is 0 Å². The summed E-state index contributed by atoms with van der Waals surface area (Å²) in [4.78, 5) is 0. The van der Waals surface area contributed by atoms with E-state index in [-0.39, 0.29) is 26.2 Å².